The van der Waals surface area contributed by atoms with Crippen molar-refractivity contribution in [1.29, 1.82) is 0 Å². The Kier molecular flexibility index (Phi) is 21.5. The number of aliphatic hydroxyl groups excluding tert-OH is 2. The van der Waals surface area contributed by atoms with E-state index in [2.05, 4.69) is 31.9 Å². The molecule has 0 spiro atoms. The second-order valence-corrected chi connectivity index (χ2v) is 14.6. The Balaban J connectivity index is 2.35. The maximum atomic E-state index is 13.9. The van der Waals surface area contributed by atoms with Crippen LogP contribution in [-0.4, -0.2) is 146 Å². The van der Waals surface area contributed by atoms with Gasteiger partial charge in [0.15, 0.2) is 0 Å². The normalized spacial score (nSPS) is 14.1. The van der Waals surface area contributed by atoms with Gasteiger partial charge in [-0.15, -0.1) is 0 Å². The Morgan fingerprint density at radius 3 is 1.50 bits per heavy atom. The summed E-state index contributed by atoms with van der Waals surface area (Å²) in [5.41, 5.74) is 6.59. The number of amides is 7. The van der Waals surface area contributed by atoms with Gasteiger partial charge >= 0.3 is 13.8 Å². The Bertz CT molecular complexity index is 1820. The molecule has 0 aliphatic heterocycles. The summed E-state index contributed by atoms with van der Waals surface area (Å²) in [5.74, 6) is -8.24. The van der Waals surface area contributed by atoms with E-state index < -0.39 is 124 Å². The highest BCUT2D eigenvalue weighted by atomic mass is 31.2. The number of aliphatic carboxylic acids is 1. The molecule has 7 amide bonds. The van der Waals surface area contributed by atoms with Gasteiger partial charge in [0, 0.05) is 27.1 Å². The van der Waals surface area contributed by atoms with E-state index in [1.807, 2.05) is 5.32 Å². The van der Waals surface area contributed by atoms with Crippen molar-refractivity contribution >= 4 is 55.1 Å². The molecule has 2 rings (SSSR count). The third-order valence-corrected chi connectivity index (χ3v) is 9.67. The summed E-state index contributed by atoms with van der Waals surface area (Å²) in [6, 6.07) is 7.47. The Morgan fingerprint density at radius 1 is 0.617 bits per heavy atom. The average molecular weight is 867 g/mol. The van der Waals surface area contributed by atoms with Crippen LogP contribution < -0.4 is 43.0 Å². The molecule has 6 atom stereocenters. The number of carbonyl (C=O) groups is 8. The van der Waals surface area contributed by atoms with Crippen LogP contribution in [0.3, 0.4) is 0 Å². The van der Waals surface area contributed by atoms with Gasteiger partial charge in [0.1, 0.15) is 42.8 Å². The van der Waals surface area contributed by atoms with Crippen LogP contribution in [-0.2, 0) is 69.3 Å². The average Bonchev–Trinajstić information content (AvgIpc) is 3.24. The largest absolute Gasteiger partial charge is 0.480 e. The molecule has 0 aromatic heterocycles. The maximum Gasteiger partial charge on any atom is 0.474 e. The molecule has 0 aliphatic carbocycles. The van der Waals surface area contributed by atoms with Crippen LogP contribution in [0.1, 0.15) is 18.1 Å². The Labute approximate surface area is 344 Å². The lowest BCUT2D eigenvalue weighted by molar-refractivity contribution is -0.139. The summed E-state index contributed by atoms with van der Waals surface area (Å²) in [6.45, 7) is -2.88. The maximum absolute atomic E-state index is 13.9. The highest BCUT2D eigenvalue weighted by Gasteiger charge is 2.35. The highest BCUT2D eigenvalue weighted by Crippen LogP contribution is 2.47. The molecule has 0 heterocycles. The van der Waals surface area contributed by atoms with Gasteiger partial charge < -0.3 is 58.3 Å². The van der Waals surface area contributed by atoms with Crippen LogP contribution in [0.4, 0.5) is 0 Å². The number of carboxylic acid groups (broad SMARTS) is 1. The number of hydrogen-bond acceptors (Lipinski definition) is 15. The van der Waals surface area contributed by atoms with Crippen LogP contribution in [0.15, 0.2) is 60.7 Å². The number of nitrogens with one attached hydrogen (secondary N) is 7. The van der Waals surface area contributed by atoms with Gasteiger partial charge in [0.05, 0.1) is 26.4 Å². The number of phosphoric ester groups is 1. The molecule has 2 aromatic rings. The van der Waals surface area contributed by atoms with E-state index in [1.165, 1.54) is 6.92 Å². The second kappa shape index (κ2) is 25.6. The smallest absolute Gasteiger partial charge is 0.474 e. The molecule has 23 nitrogen and oxygen atoms in total. The molecule has 2 aromatic carbocycles. The van der Waals surface area contributed by atoms with E-state index >= 15 is 0 Å². The van der Waals surface area contributed by atoms with Crippen LogP contribution in [0.5, 0.6) is 0 Å². The zero-order valence-corrected chi connectivity index (χ0v) is 33.8. The monoisotopic (exact) mass is 866 g/mol. The first-order valence-corrected chi connectivity index (χ1v) is 19.6. The summed E-state index contributed by atoms with van der Waals surface area (Å²) in [5, 5.41) is 44.4. The minimum absolute atomic E-state index is 0.0305. The minimum atomic E-state index is -4.28. The Hall–Kier alpha value is -5.81. The molecule has 24 heteroatoms. The molecule has 0 saturated carbocycles. The topological polar surface area (TPSA) is 352 Å². The number of hydrogen-bond donors (Lipinski definition) is 11. The van der Waals surface area contributed by atoms with E-state index in [-0.39, 0.29) is 12.8 Å². The molecule has 0 bridgehead atoms. The number of carbonyl (C=O) groups excluding carboxylic acids is 7. The van der Waals surface area contributed by atoms with Gasteiger partial charge in [-0.25, -0.2) is 4.57 Å². The van der Waals surface area contributed by atoms with Crippen molar-refractivity contribution in [2.75, 3.05) is 47.1 Å². The summed E-state index contributed by atoms with van der Waals surface area (Å²) in [6.07, 6.45) is -0.211. The zero-order valence-electron chi connectivity index (χ0n) is 33.0. The number of aliphatic hydroxyl groups is 2. The van der Waals surface area contributed by atoms with E-state index in [4.69, 9.17) is 24.4 Å². The molecule has 12 N–H and O–H groups in total. The van der Waals surface area contributed by atoms with Gasteiger partial charge in [-0.1, -0.05) is 60.7 Å². The molecule has 0 radical (unpaired) electrons. The van der Waals surface area contributed by atoms with Gasteiger partial charge in [0.2, 0.25) is 41.4 Å². The fourth-order valence-electron chi connectivity index (χ4n) is 5.07. The van der Waals surface area contributed by atoms with Crippen LogP contribution in [0.2, 0.25) is 0 Å². The molecular formula is C36H51N8O15P. The lowest BCUT2D eigenvalue weighted by Gasteiger charge is -2.27. The number of benzene rings is 2. The predicted molar refractivity (Wildman–Crippen MR) is 209 cm³/mol. The zero-order chi connectivity index (χ0) is 44.8. The lowest BCUT2D eigenvalue weighted by atomic mass is 10.0. The van der Waals surface area contributed by atoms with E-state index in [0.717, 1.165) is 14.2 Å². The highest BCUT2D eigenvalue weighted by molar-refractivity contribution is 7.48. The van der Waals surface area contributed by atoms with Crippen molar-refractivity contribution in [1.82, 2.24) is 37.2 Å². The summed E-state index contributed by atoms with van der Waals surface area (Å²) in [7, 11) is -2.30. The third-order valence-electron chi connectivity index (χ3n) is 8.31. The summed E-state index contributed by atoms with van der Waals surface area (Å²) >= 11 is 0. The molecule has 0 unspecified atom stereocenters. The quantitative estimate of drug-likeness (QED) is 0.0401. The SMILES string of the molecule is COP(=O)(OC)OC[C@H](NC(=O)[C@H](C)NC(=O)[C@H](Cc1ccccc1)NC(=O)CN)C(=O)N[C@@H](Cc1ccccc1)C(=O)N[C@@H](CO)C(=O)N[C@@H](CO)C(=O)NCC(=O)O. The van der Waals surface area contributed by atoms with Crippen molar-refractivity contribution in [2.24, 2.45) is 5.73 Å². The van der Waals surface area contributed by atoms with Crippen LogP contribution in [0.25, 0.3) is 0 Å². The summed E-state index contributed by atoms with van der Waals surface area (Å²) < 4.78 is 27.5. The van der Waals surface area contributed by atoms with E-state index in [9.17, 15) is 53.1 Å². The molecule has 0 aliphatic rings. The number of phosphoric acid groups is 1. The van der Waals surface area contributed by atoms with Crippen molar-refractivity contribution in [3.05, 3.63) is 71.8 Å². The fourth-order valence-corrected chi connectivity index (χ4v) is 5.76. The fraction of sp³-hybridized carbons (Fsp3) is 0.444. The number of nitrogens with two attached hydrogens (primary N) is 1. The molecule has 60 heavy (non-hydrogen) atoms. The molecule has 0 saturated heterocycles. The van der Waals surface area contributed by atoms with Gasteiger partial charge in [-0.05, 0) is 18.1 Å². The molecular weight excluding hydrogens is 815 g/mol. The summed E-state index contributed by atoms with van der Waals surface area (Å²) in [4.78, 5) is 103. The van der Waals surface area contributed by atoms with E-state index in [0.29, 0.717) is 11.1 Å². The van der Waals surface area contributed by atoms with Gasteiger partial charge in [0.25, 0.3) is 0 Å². The van der Waals surface area contributed by atoms with Gasteiger partial charge in [-0.3, -0.25) is 51.9 Å². The first-order valence-electron chi connectivity index (χ1n) is 18.2. The van der Waals surface area contributed by atoms with E-state index in [1.54, 1.807) is 60.7 Å². The van der Waals surface area contributed by atoms with Crippen molar-refractivity contribution in [2.45, 2.75) is 56.0 Å². The minimum Gasteiger partial charge on any atom is -0.480 e. The lowest BCUT2D eigenvalue weighted by Crippen LogP contribution is -2.61. The predicted octanol–water partition coefficient (Wildman–Crippen LogP) is -4.04. The van der Waals surface area contributed by atoms with Gasteiger partial charge in [-0.2, -0.15) is 0 Å². The van der Waals surface area contributed by atoms with Crippen LogP contribution in [0, 0.1) is 0 Å². The number of carboxylic acids is 1. The first-order chi connectivity index (χ1) is 28.5. The molecule has 330 valence electrons. The van der Waals surface area contributed by atoms with Crippen molar-refractivity contribution in [3.8, 4) is 0 Å². The number of rotatable bonds is 26. The van der Waals surface area contributed by atoms with Crippen LogP contribution >= 0.6 is 7.82 Å². The molecule has 0 fully saturated rings. The van der Waals surface area contributed by atoms with Crippen molar-refractivity contribution in [3.63, 3.8) is 0 Å². The third kappa shape index (κ3) is 17.2. The Morgan fingerprint density at radius 2 is 1.03 bits per heavy atom. The second-order valence-electron chi connectivity index (χ2n) is 12.8. The first kappa shape index (κ1) is 50.3. The standard InChI is InChI=1S/C36H51N8O15P/c1-21(39-33(52)24(40-29(47)16-37)14-22-10-6-4-7-11-22)31(50)44-28(20-59-60(56,57-2)58-3)36(55)41-25(15-23-12-8-5-9-13-23)34(53)43-27(19-46)35(54)42-26(18-45)32(51)38-17-30(48)49/h4-13,21,24-28,45-46H,14-20,37H2,1-3H3,(H,38,51)(H,39,52)(H,40,47)(H,41,55)(H,42,54)(H,43,53)(H,44,50)(H,48,49)/t21-,24-,25-,26-,27-,28-/m0/s1. The van der Waals surface area contributed by atoms with Crippen molar-refractivity contribution < 1.29 is 71.8 Å².